The fourth-order valence-corrected chi connectivity index (χ4v) is 2.64. The van der Waals surface area contributed by atoms with E-state index >= 15 is 0 Å². The minimum absolute atomic E-state index is 0.0616. The number of ether oxygens (including phenoxy) is 1. The van der Waals surface area contributed by atoms with Gasteiger partial charge < -0.3 is 4.74 Å². The smallest absolute Gasteiger partial charge is 0.247 e. The van der Waals surface area contributed by atoms with Crippen molar-refractivity contribution in [2.75, 3.05) is 6.61 Å². The van der Waals surface area contributed by atoms with E-state index in [0.29, 0.717) is 5.25 Å². The van der Waals surface area contributed by atoms with E-state index < -0.39 is 0 Å². The summed E-state index contributed by atoms with van der Waals surface area (Å²) in [7, 11) is 0. The Balaban J connectivity index is 2.07. The monoisotopic (exact) mass is 235 g/mol. The van der Waals surface area contributed by atoms with Crippen molar-refractivity contribution in [1.82, 2.24) is 0 Å². The van der Waals surface area contributed by atoms with Crippen LogP contribution in [0.15, 0.2) is 35.3 Å². The van der Waals surface area contributed by atoms with Gasteiger partial charge in [0.2, 0.25) is 5.23 Å². The van der Waals surface area contributed by atoms with Crippen LogP contribution in [0, 0.1) is 0 Å². The van der Waals surface area contributed by atoms with Gasteiger partial charge in [0.05, 0.1) is 10.8 Å². The number of thioether (sulfide) groups is 1. The highest BCUT2D eigenvalue weighted by Gasteiger charge is 2.26. The molecular formula is C13H17NOS. The molecule has 1 aromatic rings. The van der Waals surface area contributed by atoms with Crippen molar-refractivity contribution in [3.05, 3.63) is 35.9 Å². The van der Waals surface area contributed by atoms with Crippen molar-refractivity contribution in [2.24, 2.45) is 4.99 Å². The van der Waals surface area contributed by atoms with Crippen LogP contribution in [-0.4, -0.2) is 17.4 Å². The summed E-state index contributed by atoms with van der Waals surface area (Å²) in [5.41, 5.74) is 1.25. The summed E-state index contributed by atoms with van der Waals surface area (Å²) in [6.07, 6.45) is 0. The van der Waals surface area contributed by atoms with Gasteiger partial charge in [0.1, 0.15) is 6.61 Å². The van der Waals surface area contributed by atoms with Crippen LogP contribution in [0.5, 0.6) is 0 Å². The van der Waals surface area contributed by atoms with Crippen molar-refractivity contribution in [1.29, 1.82) is 0 Å². The quantitative estimate of drug-likeness (QED) is 0.741. The van der Waals surface area contributed by atoms with Crippen molar-refractivity contribution >= 4 is 17.0 Å². The lowest BCUT2D eigenvalue weighted by Gasteiger charge is -2.11. The Morgan fingerprint density at radius 2 is 1.94 bits per heavy atom. The van der Waals surface area contributed by atoms with Gasteiger partial charge in [0, 0.05) is 0 Å². The van der Waals surface area contributed by atoms with Gasteiger partial charge in [-0.05, 0) is 26.3 Å². The van der Waals surface area contributed by atoms with Gasteiger partial charge in [-0.2, -0.15) is 0 Å². The Morgan fingerprint density at radius 1 is 1.25 bits per heavy atom. The molecule has 3 heteroatoms. The summed E-state index contributed by atoms with van der Waals surface area (Å²) in [6, 6.07) is 10.4. The molecule has 0 aromatic heterocycles. The number of rotatable bonds is 1. The molecule has 1 unspecified atom stereocenters. The Kier molecular flexibility index (Phi) is 3.24. The zero-order valence-corrected chi connectivity index (χ0v) is 10.8. The number of benzene rings is 1. The summed E-state index contributed by atoms with van der Waals surface area (Å²) in [6.45, 7) is 6.98. The zero-order valence-electron chi connectivity index (χ0n) is 9.93. The molecule has 86 valence electrons. The highest BCUT2D eigenvalue weighted by Crippen LogP contribution is 2.36. The van der Waals surface area contributed by atoms with E-state index in [4.69, 9.17) is 4.74 Å². The maximum atomic E-state index is 5.61. The molecule has 2 nitrogen and oxygen atoms in total. The van der Waals surface area contributed by atoms with E-state index in [1.54, 1.807) is 11.8 Å². The number of aliphatic imine (C=N–C) groups is 1. The Morgan fingerprint density at radius 3 is 2.56 bits per heavy atom. The molecule has 0 saturated carbocycles. The normalized spacial score (nSPS) is 23.4. The van der Waals surface area contributed by atoms with Gasteiger partial charge in [-0.15, -0.1) is 0 Å². The molecule has 0 aliphatic carbocycles. The second-order valence-corrected chi connectivity index (χ2v) is 6.03. The van der Waals surface area contributed by atoms with Crippen molar-refractivity contribution in [2.45, 2.75) is 31.6 Å². The molecule has 1 aliphatic rings. The first-order valence-corrected chi connectivity index (χ1v) is 6.37. The molecule has 1 atom stereocenters. The molecular weight excluding hydrogens is 218 g/mol. The van der Waals surface area contributed by atoms with Gasteiger partial charge >= 0.3 is 0 Å². The standard InChI is InChI=1S/C13H17NOS/c1-13(2,3)14-12-15-9-11(16-12)10-7-5-4-6-8-10/h4-8,11H,9H2,1-3H3. The van der Waals surface area contributed by atoms with E-state index in [2.05, 4.69) is 50.0 Å². The van der Waals surface area contributed by atoms with Crippen LogP contribution >= 0.6 is 11.8 Å². The van der Waals surface area contributed by atoms with Crippen LogP contribution in [0.1, 0.15) is 31.6 Å². The maximum Gasteiger partial charge on any atom is 0.247 e. The highest BCUT2D eigenvalue weighted by atomic mass is 32.2. The zero-order chi connectivity index (χ0) is 11.6. The molecule has 0 bridgehead atoms. The summed E-state index contributed by atoms with van der Waals surface area (Å²) in [5.74, 6) is 0. The average molecular weight is 235 g/mol. The first-order valence-electron chi connectivity index (χ1n) is 5.49. The highest BCUT2D eigenvalue weighted by molar-refractivity contribution is 8.14. The maximum absolute atomic E-state index is 5.61. The Hall–Kier alpha value is -0.960. The van der Waals surface area contributed by atoms with Crippen LogP contribution < -0.4 is 0 Å². The van der Waals surface area contributed by atoms with Gasteiger partial charge in [-0.25, -0.2) is 4.99 Å². The lowest BCUT2D eigenvalue weighted by Crippen LogP contribution is -2.12. The molecule has 0 amide bonds. The second-order valence-electron chi connectivity index (χ2n) is 4.88. The minimum Gasteiger partial charge on any atom is -0.471 e. The molecule has 0 spiro atoms. The van der Waals surface area contributed by atoms with E-state index in [0.717, 1.165) is 11.8 Å². The van der Waals surface area contributed by atoms with Gasteiger partial charge in [0.15, 0.2) is 0 Å². The molecule has 1 fully saturated rings. The van der Waals surface area contributed by atoms with Crippen molar-refractivity contribution in [3.8, 4) is 0 Å². The summed E-state index contributed by atoms with van der Waals surface area (Å²) >= 11 is 1.72. The van der Waals surface area contributed by atoms with E-state index in [1.165, 1.54) is 5.56 Å². The SMILES string of the molecule is CC(C)(C)N=C1OCC(c2ccccc2)S1. The average Bonchev–Trinajstić information content (AvgIpc) is 2.65. The predicted molar refractivity (Wildman–Crippen MR) is 69.9 cm³/mol. The lowest BCUT2D eigenvalue weighted by atomic mass is 10.1. The molecule has 1 aromatic carbocycles. The van der Waals surface area contributed by atoms with Gasteiger partial charge in [-0.1, -0.05) is 42.1 Å². The fourth-order valence-electron chi connectivity index (χ4n) is 1.50. The Labute approximate surface area is 101 Å². The first-order chi connectivity index (χ1) is 7.54. The third-order valence-electron chi connectivity index (χ3n) is 2.20. The molecule has 16 heavy (non-hydrogen) atoms. The number of nitrogens with zero attached hydrogens (tertiary/aromatic N) is 1. The van der Waals surface area contributed by atoms with Crippen molar-refractivity contribution < 1.29 is 4.74 Å². The van der Waals surface area contributed by atoms with E-state index in [-0.39, 0.29) is 5.54 Å². The van der Waals surface area contributed by atoms with E-state index in [9.17, 15) is 0 Å². The van der Waals surface area contributed by atoms with Crippen LogP contribution in [0.25, 0.3) is 0 Å². The van der Waals surface area contributed by atoms with Gasteiger partial charge in [-0.3, -0.25) is 0 Å². The third kappa shape index (κ3) is 3.01. The number of hydrogen-bond donors (Lipinski definition) is 0. The first kappa shape index (κ1) is 11.5. The van der Waals surface area contributed by atoms with Crippen molar-refractivity contribution in [3.63, 3.8) is 0 Å². The Bertz CT molecular complexity index is 381. The van der Waals surface area contributed by atoms with Crippen LogP contribution in [-0.2, 0) is 4.74 Å². The van der Waals surface area contributed by atoms with Crippen LogP contribution in [0.4, 0.5) is 0 Å². The summed E-state index contributed by atoms with van der Waals surface area (Å²) in [4.78, 5) is 4.54. The third-order valence-corrected chi connectivity index (χ3v) is 3.30. The summed E-state index contributed by atoms with van der Waals surface area (Å²) in [5, 5.41) is 1.21. The largest absolute Gasteiger partial charge is 0.471 e. The second kappa shape index (κ2) is 4.50. The number of hydrogen-bond acceptors (Lipinski definition) is 3. The minimum atomic E-state index is -0.0616. The predicted octanol–water partition coefficient (Wildman–Crippen LogP) is 3.65. The molecule has 1 aliphatic heterocycles. The molecule has 1 heterocycles. The lowest BCUT2D eigenvalue weighted by molar-refractivity contribution is 0.324. The topological polar surface area (TPSA) is 21.6 Å². The molecule has 2 rings (SSSR count). The van der Waals surface area contributed by atoms with Crippen LogP contribution in [0.2, 0.25) is 0 Å². The van der Waals surface area contributed by atoms with Crippen LogP contribution in [0.3, 0.4) is 0 Å². The molecule has 1 saturated heterocycles. The molecule has 0 N–H and O–H groups in total. The molecule has 0 radical (unpaired) electrons. The van der Waals surface area contributed by atoms with E-state index in [1.807, 2.05) is 6.07 Å². The van der Waals surface area contributed by atoms with Gasteiger partial charge in [0.25, 0.3) is 0 Å². The fraction of sp³-hybridized carbons (Fsp3) is 0.462. The summed E-state index contributed by atoms with van der Waals surface area (Å²) < 4.78 is 5.61.